The largest absolute Gasteiger partial charge is 0.325 e. The fraction of sp³-hybridized carbons (Fsp3) is 0.316. The van der Waals surface area contributed by atoms with Crippen molar-refractivity contribution in [2.75, 3.05) is 0 Å². The SMILES string of the molecule is Cn1nc(C(=O)N=C2C=CC3C(=C2)NC(=O)C=C3C(C)(C)C)ccc1=O. The second-order valence-electron chi connectivity index (χ2n) is 7.30. The van der Waals surface area contributed by atoms with E-state index in [2.05, 4.69) is 36.2 Å². The topological polar surface area (TPSA) is 93.4 Å². The van der Waals surface area contributed by atoms with Gasteiger partial charge in [0, 0.05) is 30.8 Å². The molecule has 0 spiro atoms. The average molecular weight is 352 g/mol. The molecule has 0 saturated heterocycles. The summed E-state index contributed by atoms with van der Waals surface area (Å²) in [5, 5.41) is 6.72. The summed E-state index contributed by atoms with van der Waals surface area (Å²) < 4.78 is 1.08. The van der Waals surface area contributed by atoms with Crippen LogP contribution < -0.4 is 10.9 Å². The van der Waals surface area contributed by atoms with Crippen LogP contribution in [0.15, 0.2) is 57.5 Å². The molecule has 2 heterocycles. The fourth-order valence-corrected chi connectivity index (χ4v) is 2.93. The van der Waals surface area contributed by atoms with Crippen LogP contribution >= 0.6 is 0 Å². The number of aliphatic imine (C=N–C) groups is 1. The molecule has 7 nitrogen and oxygen atoms in total. The number of amides is 2. The van der Waals surface area contributed by atoms with Gasteiger partial charge in [0.05, 0.1) is 5.71 Å². The summed E-state index contributed by atoms with van der Waals surface area (Å²) in [7, 11) is 1.47. The van der Waals surface area contributed by atoms with E-state index in [0.29, 0.717) is 11.4 Å². The maximum absolute atomic E-state index is 12.3. The van der Waals surface area contributed by atoms with Crippen LogP contribution in [0.2, 0.25) is 0 Å². The number of hydrogen-bond acceptors (Lipinski definition) is 4. The minimum absolute atomic E-state index is 0.0441. The first-order valence-electron chi connectivity index (χ1n) is 8.25. The van der Waals surface area contributed by atoms with E-state index >= 15 is 0 Å². The maximum atomic E-state index is 12.3. The number of rotatable bonds is 1. The van der Waals surface area contributed by atoms with Gasteiger partial charge in [0.1, 0.15) is 0 Å². The zero-order valence-corrected chi connectivity index (χ0v) is 15.1. The Hall–Kier alpha value is -3.09. The molecule has 1 unspecified atom stereocenters. The van der Waals surface area contributed by atoms with Gasteiger partial charge in [0.25, 0.3) is 11.5 Å². The number of allylic oxidation sites excluding steroid dienone is 3. The predicted molar refractivity (Wildman–Crippen MR) is 97.6 cm³/mol. The second kappa shape index (κ2) is 6.33. The van der Waals surface area contributed by atoms with Gasteiger partial charge in [0.2, 0.25) is 5.91 Å². The van der Waals surface area contributed by atoms with Gasteiger partial charge in [-0.15, -0.1) is 0 Å². The van der Waals surface area contributed by atoms with Crippen molar-refractivity contribution in [1.82, 2.24) is 15.1 Å². The summed E-state index contributed by atoms with van der Waals surface area (Å²) >= 11 is 0. The number of aromatic nitrogens is 2. The van der Waals surface area contributed by atoms with Crippen LogP contribution in [0.5, 0.6) is 0 Å². The third kappa shape index (κ3) is 3.46. The average Bonchev–Trinajstić information content (AvgIpc) is 2.55. The third-order valence-electron chi connectivity index (χ3n) is 4.26. The first-order valence-corrected chi connectivity index (χ1v) is 8.25. The van der Waals surface area contributed by atoms with Crippen LogP contribution in [0.3, 0.4) is 0 Å². The minimum atomic E-state index is -0.552. The van der Waals surface area contributed by atoms with Crippen molar-refractivity contribution in [2.24, 2.45) is 23.4 Å². The van der Waals surface area contributed by atoms with Crippen LogP contribution in [-0.2, 0) is 11.8 Å². The van der Waals surface area contributed by atoms with Crippen molar-refractivity contribution in [1.29, 1.82) is 0 Å². The highest BCUT2D eigenvalue weighted by molar-refractivity contribution is 6.13. The number of hydrogen-bond donors (Lipinski definition) is 1. The van der Waals surface area contributed by atoms with Gasteiger partial charge in [-0.2, -0.15) is 5.10 Å². The lowest BCUT2D eigenvalue weighted by atomic mass is 9.74. The zero-order chi connectivity index (χ0) is 19.1. The predicted octanol–water partition coefficient (Wildman–Crippen LogP) is 1.53. The molecule has 1 aliphatic carbocycles. The molecule has 0 fully saturated rings. The highest BCUT2D eigenvalue weighted by Gasteiger charge is 2.32. The van der Waals surface area contributed by atoms with Gasteiger partial charge in [-0.05, 0) is 29.2 Å². The number of nitrogens with one attached hydrogen (secondary N) is 1. The molecule has 2 amide bonds. The van der Waals surface area contributed by atoms with Crippen LogP contribution in [0.1, 0.15) is 31.3 Å². The monoisotopic (exact) mass is 352 g/mol. The van der Waals surface area contributed by atoms with E-state index in [1.165, 1.54) is 19.2 Å². The molecule has 2 aliphatic rings. The summed E-state index contributed by atoms with van der Waals surface area (Å²) in [6.07, 6.45) is 7.01. The summed E-state index contributed by atoms with van der Waals surface area (Å²) in [6.45, 7) is 6.17. The Morgan fingerprint density at radius 1 is 1.23 bits per heavy atom. The Morgan fingerprint density at radius 3 is 2.62 bits per heavy atom. The molecular weight excluding hydrogens is 332 g/mol. The van der Waals surface area contributed by atoms with Crippen LogP contribution in [-0.4, -0.2) is 27.3 Å². The van der Waals surface area contributed by atoms with Gasteiger partial charge in [-0.1, -0.05) is 26.8 Å². The Balaban J connectivity index is 1.91. The first-order chi connectivity index (χ1) is 12.1. The molecule has 26 heavy (non-hydrogen) atoms. The van der Waals surface area contributed by atoms with Crippen molar-refractivity contribution in [3.63, 3.8) is 0 Å². The molecule has 0 radical (unpaired) electrons. The molecule has 0 bridgehead atoms. The van der Waals surface area contributed by atoms with Crippen molar-refractivity contribution in [3.8, 4) is 0 Å². The van der Waals surface area contributed by atoms with E-state index < -0.39 is 5.91 Å². The molecule has 1 N–H and O–H groups in total. The van der Waals surface area contributed by atoms with Crippen molar-refractivity contribution in [2.45, 2.75) is 20.8 Å². The summed E-state index contributed by atoms with van der Waals surface area (Å²) in [4.78, 5) is 39.7. The molecule has 134 valence electrons. The molecule has 1 aliphatic heterocycles. The first kappa shape index (κ1) is 17.7. The molecule has 1 aromatic rings. The van der Waals surface area contributed by atoms with E-state index in [0.717, 1.165) is 10.3 Å². The Morgan fingerprint density at radius 2 is 1.96 bits per heavy atom. The zero-order valence-electron chi connectivity index (χ0n) is 15.1. The second-order valence-corrected chi connectivity index (χ2v) is 7.30. The van der Waals surface area contributed by atoms with Crippen LogP contribution in [0.25, 0.3) is 0 Å². The van der Waals surface area contributed by atoms with E-state index in [1.54, 1.807) is 18.2 Å². The van der Waals surface area contributed by atoms with Gasteiger partial charge < -0.3 is 5.32 Å². The van der Waals surface area contributed by atoms with Crippen LogP contribution in [0, 0.1) is 11.3 Å². The van der Waals surface area contributed by atoms with Crippen LogP contribution in [0.4, 0.5) is 0 Å². The Labute approximate surface area is 150 Å². The van der Waals surface area contributed by atoms with E-state index in [1.807, 2.05) is 6.08 Å². The van der Waals surface area contributed by atoms with E-state index in [9.17, 15) is 14.4 Å². The number of carbonyl (C=O) groups excluding carboxylic acids is 2. The molecule has 1 aromatic heterocycles. The lowest BCUT2D eigenvalue weighted by Crippen LogP contribution is -2.36. The Kier molecular flexibility index (Phi) is 4.31. The smallest absolute Gasteiger partial charge is 0.297 e. The number of fused-ring (bicyclic) bond motifs is 1. The highest BCUT2D eigenvalue weighted by atomic mass is 16.2. The lowest BCUT2D eigenvalue weighted by molar-refractivity contribution is -0.116. The quantitative estimate of drug-likeness (QED) is 0.829. The number of aryl methyl sites for hydroxylation is 1. The molecule has 0 aromatic carbocycles. The number of carbonyl (C=O) groups is 2. The van der Waals surface area contributed by atoms with E-state index in [4.69, 9.17) is 0 Å². The lowest BCUT2D eigenvalue weighted by Gasteiger charge is -2.34. The molecule has 0 saturated carbocycles. The number of nitrogens with zero attached hydrogens (tertiary/aromatic N) is 3. The van der Waals surface area contributed by atoms with Gasteiger partial charge >= 0.3 is 0 Å². The van der Waals surface area contributed by atoms with Crippen molar-refractivity contribution in [3.05, 3.63) is 63.8 Å². The molecule has 3 rings (SSSR count). The van der Waals surface area contributed by atoms with Crippen molar-refractivity contribution >= 4 is 17.5 Å². The van der Waals surface area contributed by atoms with Gasteiger partial charge in [-0.25, -0.2) is 9.67 Å². The summed E-state index contributed by atoms with van der Waals surface area (Å²) in [5.74, 6) is -0.778. The normalized spacial score (nSPS) is 21.0. The standard InChI is InChI=1S/C19H20N4O3/c1-19(2,3)13-10-16(24)21-15-9-11(5-6-12(13)15)20-18(26)14-7-8-17(25)23(4)22-14/h5-10,12H,1-4H3,(H,21,24). The van der Waals surface area contributed by atoms with Gasteiger partial charge in [0.15, 0.2) is 5.69 Å². The fourth-order valence-electron chi connectivity index (χ4n) is 2.93. The molecule has 7 heteroatoms. The minimum Gasteiger partial charge on any atom is -0.325 e. The van der Waals surface area contributed by atoms with Gasteiger partial charge in [-0.3, -0.25) is 14.4 Å². The summed E-state index contributed by atoms with van der Waals surface area (Å²) in [6, 6.07) is 2.62. The third-order valence-corrected chi connectivity index (χ3v) is 4.26. The Bertz CT molecular complexity index is 971. The molecule has 1 atom stereocenters. The van der Waals surface area contributed by atoms with Crippen molar-refractivity contribution < 1.29 is 9.59 Å². The summed E-state index contributed by atoms with van der Waals surface area (Å²) in [5.41, 5.74) is 1.75. The maximum Gasteiger partial charge on any atom is 0.297 e. The van der Waals surface area contributed by atoms with E-state index in [-0.39, 0.29) is 28.5 Å². The highest BCUT2D eigenvalue weighted by Crippen LogP contribution is 2.38. The molecular formula is C19H20N4O3.